The first kappa shape index (κ1) is 15.5. The lowest BCUT2D eigenvalue weighted by atomic mass is 9.95. The molecule has 0 fully saturated rings. The quantitative estimate of drug-likeness (QED) is 0.793. The zero-order valence-corrected chi connectivity index (χ0v) is 14.1. The van der Waals surface area contributed by atoms with Crippen molar-refractivity contribution in [1.82, 2.24) is 0 Å². The van der Waals surface area contributed by atoms with Crippen molar-refractivity contribution in [2.24, 2.45) is 10.7 Å². The third-order valence-electron chi connectivity index (χ3n) is 3.67. The van der Waals surface area contributed by atoms with Gasteiger partial charge in [0, 0.05) is 11.1 Å². The molecule has 0 saturated heterocycles. The molecule has 0 atom stereocenters. The van der Waals surface area contributed by atoms with Gasteiger partial charge in [-0.25, -0.2) is 4.99 Å². The standard InChI is InChI=1S/C16H14Cl2N2OS/c17-11-6-5-9(7-12(11)18)8-20-16-14(15(19)21)10-3-1-2-4-13(10)22-16/h5-8H,1-4H2,(H2,19,21). The summed E-state index contributed by atoms with van der Waals surface area (Å²) in [5.74, 6) is -0.402. The molecule has 22 heavy (non-hydrogen) atoms. The Kier molecular flexibility index (Phi) is 4.52. The molecule has 114 valence electrons. The van der Waals surface area contributed by atoms with Gasteiger partial charge in [0.2, 0.25) is 0 Å². The second-order valence-electron chi connectivity index (χ2n) is 5.19. The minimum absolute atomic E-state index is 0.402. The summed E-state index contributed by atoms with van der Waals surface area (Å²) in [4.78, 5) is 17.5. The molecule has 0 bridgehead atoms. The van der Waals surface area contributed by atoms with E-state index in [0.717, 1.165) is 36.8 Å². The molecule has 3 nitrogen and oxygen atoms in total. The average Bonchev–Trinajstić information content (AvgIpc) is 2.87. The van der Waals surface area contributed by atoms with Crippen LogP contribution in [0.5, 0.6) is 0 Å². The largest absolute Gasteiger partial charge is 0.365 e. The molecular weight excluding hydrogens is 339 g/mol. The highest BCUT2D eigenvalue weighted by Crippen LogP contribution is 2.39. The number of rotatable bonds is 3. The van der Waals surface area contributed by atoms with E-state index in [4.69, 9.17) is 28.9 Å². The Morgan fingerprint density at radius 2 is 2.00 bits per heavy atom. The maximum absolute atomic E-state index is 11.8. The van der Waals surface area contributed by atoms with Crippen LogP contribution in [0.1, 0.15) is 39.2 Å². The highest BCUT2D eigenvalue weighted by Gasteiger charge is 2.23. The van der Waals surface area contributed by atoms with Crippen molar-refractivity contribution >= 4 is 51.7 Å². The van der Waals surface area contributed by atoms with Gasteiger partial charge < -0.3 is 5.73 Å². The molecule has 1 aliphatic carbocycles. The Labute approximate surface area is 142 Å². The van der Waals surface area contributed by atoms with Crippen molar-refractivity contribution in [2.45, 2.75) is 25.7 Å². The highest BCUT2D eigenvalue weighted by atomic mass is 35.5. The number of benzene rings is 1. The van der Waals surface area contributed by atoms with Crippen LogP contribution in [0.3, 0.4) is 0 Å². The Bertz CT molecular complexity index is 768. The molecule has 1 aliphatic rings. The van der Waals surface area contributed by atoms with Gasteiger partial charge in [-0.05, 0) is 48.9 Å². The number of nitrogens with zero attached hydrogens (tertiary/aromatic N) is 1. The van der Waals surface area contributed by atoms with E-state index >= 15 is 0 Å². The van der Waals surface area contributed by atoms with Crippen molar-refractivity contribution in [3.8, 4) is 0 Å². The fourth-order valence-corrected chi connectivity index (χ4v) is 4.17. The van der Waals surface area contributed by atoms with Crippen molar-refractivity contribution < 1.29 is 4.79 Å². The first-order chi connectivity index (χ1) is 10.6. The summed E-state index contributed by atoms with van der Waals surface area (Å²) >= 11 is 13.5. The van der Waals surface area contributed by atoms with Gasteiger partial charge >= 0.3 is 0 Å². The summed E-state index contributed by atoms with van der Waals surface area (Å²) in [6.45, 7) is 0. The van der Waals surface area contributed by atoms with E-state index in [1.54, 1.807) is 29.7 Å². The number of amides is 1. The van der Waals surface area contributed by atoms with Crippen molar-refractivity contribution in [2.75, 3.05) is 0 Å². The number of carbonyl (C=O) groups excluding carboxylic acids is 1. The van der Waals surface area contributed by atoms with Crippen LogP contribution in [-0.4, -0.2) is 12.1 Å². The van der Waals surface area contributed by atoms with E-state index in [1.807, 2.05) is 6.07 Å². The van der Waals surface area contributed by atoms with Crippen LogP contribution in [-0.2, 0) is 12.8 Å². The minimum atomic E-state index is -0.402. The number of halogens is 2. The number of thiophene rings is 1. The van der Waals surface area contributed by atoms with Crippen LogP contribution in [0.15, 0.2) is 23.2 Å². The fourth-order valence-electron chi connectivity index (χ4n) is 2.62. The molecule has 0 unspecified atom stereocenters. The number of carbonyl (C=O) groups is 1. The zero-order valence-electron chi connectivity index (χ0n) is 11.7. The fraction of sp³-hybridized carbons (Fsp3) is 0.250. The van der Waals surface area contributed by atoms with E-state index in [9.17, 15) is 4.79 Å². The molecule has 0 radical (unpaired) electrons. The van der Waals surface area contributed by atoms with Gasteiger partial charge in [0.15, 0.2) is 0 Å². The molecule has 1 aromatic heterocycles. The average molecular weight is 353 g/mol. The smallest absolute Gasteiger partial charge is 0.252 e. The number of aliphatic imine (C=N–C) groups is 1. The number of hydrogen-bond donors (Lipinski definition) is 1. The molecule has 2 aromatic rings. The van der Waals surface area contributed by atoms with Gasteiger partial charge in [0.05, 0.1) is 15.6 Å². The van der Waals surface area contributed by atoms with Crippen molar-refractivity contribution in [3.63, 3.8) is 0 Å². The molecule has 0 aliphatic heterocycles. The maximum Gasteiger partial charge on any atom is 0.252 e. The van der Waals surface area contributed by atoms with Crippen LogP contribution >= 0.6 is 34.5 Å². The van der Waals surface area contributed by atoms with Gasteiger partial charge in [-0.1, -0.05) is 29.3 Å². The minimum Gasteiger partial charge on any atom is -0.365 e. The SMILES string of the molecule is NC(=O)c1c(N=Cc2ccc(Cl)c(Cl)c2)sc2c1CCCC2. The lowest BCUT2D eigenvalue weighted by Crippen LogP contribution is -2.14. The van der Waals surface area contributed by atoms with E-state index in [0.29, 0.717) is 20.6 Å². The molecular formula is C16H14Cl2N2OS. The summed E-state index contributed by atoms with van der Waals surface area (Å²) in [5, 5.41) is 1.67. The van der Waals surface area contributed by atoms with E-state index < -0.39 is 5.91 Å². The highest BCUT2D eigenvalue weighted by molar-refractivity contribution is 7.16. The first-order valence-corrected chi connectivity index (χ1v) is 8.57. The predicted octanol–water partition coefficient (Wildman–Crippen LogP) is 4.78. The van der Waals surface area contributed by atoms with Gasteiger partial charge in [0.1, 0.15) is 5.00 Å². The summed E-state index contributed by atoms with van der Waals surface area (Å²) < 4.78 is 0. The first-order valence-electron chi connectivity index (χ1n) is 6.99. The molecule has 0 spiro atoms. The Hall–Kier alpha value is -1.36. The summed E-state index contributed by atoms with van der Waals surface area (Å²) in [6.07, 6.45) is 5.85. The number of aryl methyl sites for hydroxylation is 1. The molecule has 0 saturated carbocycles. The van der Waals surface area contributed by atoms with Crippen molar-refractivity contribution in [3.05, 3.63) is 49.8 Å². The molecule has 3 rings (SSSR count). The lowest BCUT2D eigenvalue weighted by molar-refractivity contribution is 0.100. The van der Waals surface area contributed by atoms with Crippen LogP contribution in [0, 0.1) is 0 Å². The van der Waals surface area contributed by atoms with Crippen LogP contribution in [0.25, 0.3) is 0 Å². The van der Waals surface area contributed by atoms with Gasteiger partial charge in [-0.3, -0.25) is 4.79 Å². The zero-order chi connectivity index (χ0) is 15.7. The number of nitrogens with two attached hydrogens (primary N) is 1. The summed E-state index contributed by atoms with van der Waals surface area (Å²) in [5.41, 5.74) is 8.05. The Morgan fingerprint density at radius 3 is 2.73 bits per heavy atom. The van der Waals surface area contributed by atoms with Crippen molar-refractivity contribution in [1.29, 1.82) is 0 Å². The lowest BCUT2D eigenvalue weighted by Gasteiger charge is -2.10. The van der Waals surface area contributed by atoms with Crippen LogP contribution in [0.2, 0.25) is 10.0 Å². The van der Waals surface area contributed by atoms with Gasteiger partial charge in [-0.2, -0.15) is 0 Å². The second-order valence-corrected chi connectivity index (χ2v) is 7.09. The third kappa shape index (κ3) is 3.05. The summed E-state index contributed by atoms with van der Waals surface area (Å²) in [6, 6.07) is 5.29. The Morgan fingerprint density at radius 1 is 1.23 bits per heavy atom. The van der Waals surface area contributed by atoms with E-state index in [1.165, 1.54) is 4.88 Å². The normalized spacial score (nSPS) is 14.3. The third-order valence-corrected chi connectivity index (χ3v) is 5.61. The number of primary amides is 1. The van der Waals surface area contributed by atoms with Crippen LogP contribution < -0.4 is 5.73 Å². The molecule has 1 amide bonds. The summed E-state index contributed by atoms with van der Waals surface area (Å²) in [7, 11) is 0. The Balaban J connectivity index is 1.97. The monoisotopic (exact) mass is 352 g/mol. The molecule has 2 N–H and O–H groups in total. The van der Waals surface area contributed by atoms with Crippen LogP contribution in [0.4, 0.5) is 5.00 Å². The molecule has 1 aromatic carbocycles. The van der Waals surface area contributed by atoms with E-state index in [2.05, 4.69) is 4.99 Å². The second kappa shape index (κ2) is 6.41. The predicted molar refractivity (Wildman–Crippen MR) is 93.2 cm³/mol. The molecule has 1 heterocycles. The van der Waals surface area contributed by atoms with E-state index in [-0.39, 0.29) is 0 Å². The maximum atomic E-state index is 11.8. The topological polar surface area (TPSA) is 55.5 Å². The van der Waals surface area contributed by atoms with Gasteiger partial charge in [-0.15, -0.1) is 11.3 Å². The molecule has 6 heteroatoms. The van der Waals surface area contributed by atoms with Gasteiger partial charge in [0.25, 0.3) is 5.91 Å². The number of hydrogen-bond acceptors (Lipinski definition) is 3. The number of fused-ring (bicyclic) bond motifs is 1.